The summed E-state index contributed by atoms with van der Waals surface area (Å²) in [5.41, 5.74) is 0.933. The van der Waals surface area contributed by atoms with Crippen LogP contribution < -0.4 is 5.32 Å². The van der Waals surface area contributed by atoms with Crippen LogP contribution >= 0.6 is 0 Å². The van der Waals surface area contributed by atoms with E-state index >= 15 is 0 Å². The van der Waals surface area contributed by atoms with E-state index in [1.165, 1.54) is 6.33 Å². The molecule has 3 unspecified atom stereocenters. The molecule has 2 N–H and O–H groups in total. The molecule has 13 heteroatoms. The lowest BCUT2D eigenvalue weighted by Gasteiger charge is -2.55. The highest BCUT2D eigenvalue weighted by molar-refractivity contribution is 6.06. The first-order valence-corrected chi connectivity index (χ1v) is 16.0. The van der Waals surface area contributed by atoms with E-state index < -0.39 is 23.7 Å². The van der Waals surface area contributed by atoms with E-state index in [-0.39, 0.29) is 29.4 Å². The highest BCUT2D eigenvalue weighted by Crippen LogP contribution is 2.43. The van der Waals surface area contributed by atoms with Gasteiger partial charge in [-0.05, 0) is 59.6 Å². The Morgan fingerprint density at radius 2 is 1.83 bits per heavy atom. The van der Waals surface area contributed by atoms with Gasteiger partial charge in [-0.3, -0.25) is 14.3 Å². The molecule has 3 fully saturated rings. The monoisotopic (exact) mass is 635 g/mol. The molecular weight excluding hydrogens is 590 g/mol. The number of rotatable bonds is 7. The molecule has 1 aromatic carbocycles. The maximum Gasteiger partial charge on any atom is 0.410 e. The summed E-state index contributed by atoms with van der Waals surface area (Å²) in [6.07, 6.45) is 3.45. The van der Waals surface area contributed by atoms with E-state index in [1.54, 1.807) is 49.0 Å². The zero-order valence-corrected chi connectivity index (χ0v) is 27.5. The van der Waals surface area contributed by atoms with Gasteiger partial charge in [-0.15, -0.1) is 0 Å². The molecule has 2 amide bonds. The van der Waals surface area contributed by atoms with E-state index in [4.69, 9.17) is 14.2 Å². The molecule has 6 rings (SSSR count). The van der Waals surface area contributed by atoms with Crippen molar-refractivity contribution in [2.45, 2.75) is 84.2 Å². The standard InChI is InChI=1S/C33H45N7O6/c1-21-23(15-38-16-33(17-38)13-10-14-39(18-33)30(42)46-31(2,3)4)44-29(25(21)45-32(5,6)43)40-20-36-24-26(34-19-35-27(24)40)37-28(41)22-11-8-7-9-12-22/h7-9,11-12,19-21,23,25,29,43H,10,13-18H2,1-6H3,(H,34,35,37,41)/t21?,23?,25-,29?/m1/s1. The Morgan fingerprint density at radius 3 is 2.52 bits per heavy atom. The zero-order chi connectivity index (χ0) is 32.9. The number of aromatic nitrogens is 4. The zero-order valence-electron chi connectivity index (χ0n) is 27.5. The smallest absolute Gasteiger partial charge is 0.410 e. The van der Waals surface area contributed by atoms with Gasteiger partial charge in [0.2, 0.25) is 0 Å². The minimum atomic E-state index is -1.40. The van der Waals surface area contributed by atoms with Gasteiger partial charge in [0.15, 0.2) is 29.0 Å². The van der Waals surface area contributed by atoms with Crippen molar-refractivity contribution in [1.82, 2.24) is 29.3 Å². The number of nitrogens with zero attached hydrogens (tertiary/aromatic N) is 6. The van der Waals surface area contributed by atoms with Crippen molar-refractivity contribution >= 4 is 29.0 Å². The predicted octanol–water partition coefficient (Wildman–Crippen LogP) is 4.06. The molecular formula is C33H45N7O6. The molecule has 4 atom stereocenters. The van der Waals surface area contributed by atoms with Crippen LogP contribution in [0.5, 0.6) is 0 Å². The number of imidazole rings is 1. The van der Waals surface area contributed by atoms with Crippen molar-refractivity contribution < 1.29 is 28.9 Å². The Morgan fingerprint density at radius 1 is 1.09 bits per heavy atom. The summed E-state index contributed by atoms with van der Waals surface area (Å²) in [5.74, 6) is -1.49. The van der Waals surface area contributed by atoms with Crippen LogP contribution in [0.25, 0.3) is 11.2 Å². The third-order valence-electron chi connectivity index (χ3n) is 8.89. The average Bonchev–Trinajstić information content (AvgIpc) is 3.53. The number of fused-ring (bicyclic) bond motifs is 1. The molecule has 3 aromatic rings. The molecule has 0 radical (unpaired) electrons. The average molecular weight is 636 g/mol. The third kappa shape index (κ3) is 6.87. The Hall–Kier alpha value is -3.65. The van der Waals surface area contributed by atoms with E-state index in [2.05, 4.69) is 32.1 Å². The van der Waals surface area contributed by atoms with Crippen molar-refractivity contribution in [1.29, 1.82) is 0 Å². The molecule has 0 bridgehead atoms. The molecule has 46 heavy (non-hydrogen) atoms. The van der Waals surface area contributed by atoms with E-state index in [9.17, 15) is 14.7 Å². The molecule has 3 aliphatic rings. The van der Waals surface area contributed by atoms with Gasteiger partial charge in [0.25, 0.3) is 5.91 Å². The van der Waals surface area contributed by atoms with Crippen LogP contribution in [0.3, 0.4) is 0 Å². The Balaban J connectivity index is 1.16. The fourth-order valence-electron chi connectivity index (χ4n) is 6.92. The number of piperidine rings is 1. The summed E-state index contributed by atoms with van der Waals surface area (Å²) in [4.78, 5) is 43.2. The van der Waals surface area contributed by atoms with Crippen LogP contribution in [0.1, 0.15) is 71.0 Å². The van der Waals surface area contributed by atoms with Gasteiger partial charge >= 0.3 is 6.09 Å². The first kappa shape index (κ1) is 32.3. The third-order valence-corrected chi connectivity index (χ3v) is 8.89. The Bertz CT molecular complexity index is 1560. The number of carbonyl (C=O) groups excluding carboxylic acids is 2. The normalized spacial score (nSPS) is 25.1. The first-order chi connectivity index (χ1) is 21.7. The SMILES string of the molecule is CC1C(CN2CC3(CCCN(C(=O)OC(C)(C)C)C3)C2)OC(n2cnc3c(NC(=O)c4ccccc4)ncnc32)[C@@H]1OC(C)(C)O. The van der Waals surface area contributed by atoms with Gasteiger partial charge in [0.1, 0.15) is 18.0 Å². The second kappa shape index (κ2) is 12.2. The number of anilines is 1. The molecule has 248 valence electrons. The van der Waals surface area contributed by atoms with Crippen LogP contribution in [-0.4, -0.2) is 103 Å². The van der Waals surface area contributed by atoms with Gasteiger partial charge in [0, 0.05) is 49.6 Å². The van der Waals surface area contributed by atoms with Crippen molar-refractivity contribution in [2.24, 2.45) is 11.3 Å². The van der Waals surface area contributed by atoms with Crippen molar-refractivity contribution in [3.63, 3.8) is 0 Å². The van der Waals surface area contributed by atoms with E-state index in [0.717, 1.165) is 32.5 Å². The molecule has 3 aliphatic heterocycles. The number of carbonyl (C=O) groups is 2. The second-order valence-electron chi connectivity index (χ2n) is 14.5. The van der Waals surface area contributed by atoms with Crippen LogP contribution in [0.4, 0.5) is 10.6 Å². The van der Waals surface area contributed by atoms with Gasteiger partial charge < -0.3 is 29.5 Å². The molecule has 2 aromatic heterocycles. The maximum absolute atomic E-state index is 12.9. The van der Waals surface area contributed by atoms with Gasteiger partial charge in [0.05, 0.1) is 12.4 Å². The Labute approximate surface area is 269 Å². The maximum atomic E-state index is 12.9. The van der Waals surface area contributed by atoms with Gasteiger partial charge in [-0.2, -0.15) is 0 Å². The molecule has 13 nitrogen and oxygen atoms in total. The number of likely N-dealkylation sites (tertiary alicyclic amines) is 2. The summed E-state index contributed by atoms with van der Waals surface area (Å²) in [6, 6.07) is 8.89. The summed E-state index contributed by atoms with van der Waals surface area (Å²) in [5, 5.41) is 13.5. The molecule has 1 spiro atoms. The number of benzene rings is 1. The number of aliphatic hydroxyl groups is 1. The fraction of sp³-hybridized carbons (Fsp3) is 0.606. The van der Waals surface area contributed by atoms with Crippen molar-refractivity contribution in [3.8, 4) is 0 Å². The number of ether oxygens (including phenoxy) is 3. The highest BCUT2D eigenvalue weighted by Gasteiger charge is 2.51. The van der Waals surface area contributed by atoms with Crippen molar-refractivity contribution in [2.75, 3.05) is 38.0 Å². The molecule has 3 saturated heterocycles. The summed E-state index contributed by atoms with van der Waals surface area (Å²) < 4.78 is 20.3. The number of hydrogen-bond acceptors (Lipinski definition) is 10. The summed E-state index contributed by atoms with van der Waals surface area (Å²) >= 11 is 0. The second-order valence-corrected chi connectivity index (χ2v) is 14.5. The fourth-order valence-corrected chi connectivity index (χ4v) is 6.92. The quantitative estimate of drug-likeness (QED) is 0.365. The molecule has 0 saturated carbocycles. The molecule has 5 heterocycles. The number of nitrogens with one attached hydrogen (secondary N) is 1. The van der Waals surface area contributed by atoms with Crippen LogP contribution in [0.2, 0.25) is 0 Å². The topological polar surface area (TPSA) is 144 Å². The largest absolute Gasteiger partial charge is 0.444 e. The van der Waals surface area contributed by atoms with Crippen LogP contribution in [-0.2, 0) is 14.2 Å². The minimum Gasteiger partial charge on any atom is -0.444 e. The number of hydrogen-bond donors (Lipinski definition) is 2. The van der Waals surface area contributed by atoms with E-state index in [0.29, 0.717) is 35.6 Å². The predicted molar refractivity (Wildman–Crippen MR) is 170 cm³/mol. The number of amides is 2. The lowest BCUT2D eigenvalue weighted by atomic mass is 9.73. The highest BCUT2D eigenvalue weighted by atomic mass is 16.7. The van der Waals surface area contributed by atoms with Crippen molar-refractivity contribution in [3.05, 3.63) is 48.5 Å². The Kier molecular flexibility index (Phi) is 8.55. The van der Waals surface area contributed by atoms with Gasteiger partial charge in [-0.25, -0.2) is 19.7 Å². The van der Waals surface area contributed by atoms with Crippen LogP contribution in [0, 0.1) is 11.3 Å². The minimum absolute atomic E-state index is 0.0530. The lowest BCUT2D eigenvalue weighted by molar-refractivity contribution is -0.227. The summed E-state index contributed by atoms with van der Waals surface area (Å²) in [6.45, 7) is 14.8. The van der Waals surface area contributed by atoms with Gasteiger partial charge in [-0.1, -0.05) is 25.1 Å². The molecule has 0 aliphatic carbocycles. The van der Waals surface area contributed by atoms with Crippen LogP contribution in [0.15, 0.2) is 43.0 Å². The van der Waals surface area contributed by atoms with E-state index in [1.807, 2.05) is 31.7 Å². The first-order valence-electron chi connectivity index (χ1n) is 16.0. The lowest BCUT2D eigenvalue weighted by Crippen LogP contribution is -2.64. The summed E-state index contributed by atoms with van der Waals surface area (Å²) in [7, 11) is 0.